The molecule has 0 radical (unpaired) electrons. The predicted molar refractivity (Wildman–Crippen MR) is 114 cm³/mol. The molecular formula is C23H23FN4O2. The smallest absolute Gasteiger partial charge is 0.312 e. The van der Waals surface area contributed by atoms with Gasteiger partial charge in [-0.3, -0.25) is 4.79 Å². The van der Waals surface area contributed by atoms with E-state index in [1.165, 1.54) is 12.1 Å². The van der Waals surface area contributed by atoms with Gasteiger partial charge in [0.25, 0.3) is 0 Å². The summed E-state index contributed by atoms with van der Waals surface area (Å²) in [6.07, 6.45) is 4.76. The molecular weight excluding hydrogens is 383 g/mol. The number of aromatic amines is 1. The van der Waals surface area contributed by atoms with Crippen LogP contribution in [0.3, 0.4) is 0 Å². The van der Waals surface area contributed by atoms with E-state index in [4.69, 9.17) is 5.73 Å². The van der Waals surface area contributed by atoms with Crippen LogP contribution in [0, 0.1) is 5.82 Å². The third kappa shape index (κ3) is 4.20. The lowest BCUT2D eigenvalue weighted by Crippen LogP contribution is -2.39. The van der Waals surface area contributed by atoms with Gasteiger partial charge < -0.3 is 20.9 Å². The number of carbonyl (C=O) groups excluding carboxylic acids is 2. The van der Waals surface area contributed by atoms with Gasteiger partial charge in [-0.15, -0.1) is 0 Å². The van der Waals surface area contributed by atoms with Crippen molar-refractivity contribution in [1.29, 1.82) is 0 Å². The molecule has 2 aromatic carbocycles. The first-order chi connectivity index (χ1) is 14.5. The Morgan fingerprint density at radius 1 is 1.20 bits per heavy atom. The molecule has 1 unspecified atom stereocenters. The third-order valence-corrected chi connectivity index (χ3v) is 5.45. The van der Waals surface area contributed by atoms with Crippen LogP contribution in [0.5, 0.6) is 0 Å². The van der Waals surface area contributed by atoms with Crippen molar-refractivity contribution in [1.82, 2.24) is 15.2 Å². The van der Waals surface area contributed by atoms with Gasteiger partial charge in [0.1, 0.15) is 5.82 Å². The summed E-state index contributed by atoms with van der Waals surface area (Å²) >= 11 is 0. The number of urea groups is 1. The first-order valence-corrected chi connectivity index (χ1v) is 9.86. The number of rotatable bonds is 5. The number of carbonyl (C=O) groups is 2. The highest BCUT2D eigenvalue weighted by molar-refractivity contribution is 5.93. The van der Waals surface area contributed by atoms with Crippen molar-refractivity contribution in [2.24, 2.45) is 5.73 Å². The van der Waals surface area contributed by atoms with Crippen molar-refractivity contribution in [3.63, 3.8) is 0 Å². The van der Waals surface area contributed by atoms with E-state index in [1.54, 1.807) is 11.0 Å². The highest BCUT2D eigenvalue weighted by atomic mass is 19.1. The first-order valence-electron chi connectivity index (χ1n) is 9.86. The zero-order valence-electron chi connectivity index (χ0n) is 16.4. The number of primary amides is 1. The number of fused-ring (bicyclic) bond motifs is 1. The van der Waals surface area contributed by atoms with E-state index in [-0.39, 0.29) is 18.1 Å². The van der Waals surface area contributed by atoms with E-state index in [0.717, 1.165) is 27.6 Å². The van der Waals surface area contributed by atoms with Crippen molar-refractivity contribution in [3.05, 3.63) is 77.7 Å². The molecule has 4 rings (SSSR count). The third-order valence-electron chi connectivity index (χ3n) is 5.45. The second-order valence-corrected chi connectivity index (χ2v) is 7.39. The van der Waals surface area contributed by atoms with Crippen LogP contribution >= 0.6 is 0 Å². The molecule has 0 saturated carbocycles. The fourth-order valence-electron chi connectivity index (χ4n) is 3.92. The van der Waals surface area contributed by atoms with Crippen LogP contribution in [-0.2, 0) is 4.79 Å². The van der Waals surface area contributed by atoms with E-state index in [9.17, 15) is 14.0 Å². The molecule has 6 nitrogen and oxygen atoms in total. The zero-order valence-corrected chi connectivity index (χ0v) is 16.4. The lowest BCUT2D eigenvalue weighted by Gasteiger charge is -2.28. The van der Waals surface area contributed by atoms with Crippen LogP contribution in [0.2, 0.25) is 0 Å². The molecule has 0 fully saturated rings. The molecule has 0 aliphatic carbocycles. The molecule has 2 heterocycles. The molecule has 1 aliphatic heterocycles. The summed E-state index contributed by atoms with van der Waals surface area (Å²) in [5.41, 5.74) is 9.06. The minimum atomic E-state index is -0.659. The van der Waals surface area contributed by atoms with Gasteiger partial charge in [0.05, 0.1) is 12.5 Å². The van der Waals surface area contributed by atoms with E-state index < -0.39 is 12.1 Å². The van der Waals surface area contributed by atoms with Crippen LogP contribution in [-0.4, -0.2) is 34.9 Å². The second-order valence-electron chi connectivity index (χ2n) is 7.39. The maximum atomic E-state index is 13.4. The highest BCUT2D eigenvalue weighted by Gasteiger charge is 2.24. The van der Waals surface area contributed by atoms with Crippen LogP contribution in [0.1, 0.15) is 30.0 Å². The average Bonchev–Trinajstić information content (AvgIpc) is 3.16. The number of aromatic nitrogens is 1. The minimum Gasteiger partial charge on any atom is -0.360 e. The van der Waals surface area contributed by atoms with Crippen molar-refractivity contribution in [3.8, 4) is 0 Å². The number of nitrogens with one attached hydrogen (secondary N) is 2. The number of halogens is 1. The number of hydrogen-bond donors (Lipinski definition) is 3. The van der Waals surface area contributed by atoms with Gasteiger partial charge in [-0.25, -0.2) is 9.18 Å². The monoisotopic (exact) mass is 406 g/mol. The van der Waals surface area contributed by atoms with E-state index in [0.29, 0.717) is 19.5 Å². The Morgan fingerprint density at radius 3 is 2.70 bits per heavy atom. The minimum absolute atomic E-state index is 0.0473. The summed E-state index contributed by atoms with van der Waals surface area (Å²) in [4.78, 5) is 29.1. The summed E-state index contributed by atoms with van der Waals surface area (Å²) in [6, 6.07) is 12.9. The van der Waals surface area contributed by atoms with Gasteiger partial charge in [-0.1, -0.05) is 36.4 Å². The standard InChI is InChI=1S/C23H23FN4O2/c24-17-6-7-18-19(14-26-21(18)12-17)15-8-10-28(11-9-15)22(29)13-20(27-23(25)30)16-4-2-1-3-5-16/h1-8,12,14,20,26H,9-11,13H2,(H3,25,27,30). The summed E-state index contributed by atoms with van der Waals surface area (Å²) < 4.78 is 13.4. The van der Waals surface area contributed by atoms with E-state index >= 15 is 0 Å². The highest BCUT2D eigenvalue weighted by Crippen LogP contribution is 2.30. The Balaban J connectivity index is 1.46. The molecule has 1 aliphatic rings. The number of benzene rings is 2. The van der Waals surface area contributed by atoms with Crippen molar-refractivity contribution < 1.29 is 14.0 Å². The molecule has 0 bridgehead atoms. The molecule has 3 aromatic rings. The summed E-state index contributed by atoms with van der Waals surface area (Å²) in [6.45, 7) is 1.07. The number of H-pyrrole nitrogens is 1. The summed E-state index contributed by atoms with van der Waals surface area (Å²) in [5, 5.41) is 3.63. The Morgan fingerprint density at radius 2 is 2.00 bits per heavy atom. The van der Waals surface area contributed by atoms with Crippen LogP contribution < -0.4 is 11.1 Å². The predicted octanol–water partition coefficient (Wildman–Crippen LogP) is 3.72. The molecule has 3 amide bonds. The topological polar surface area (TPSA) is 91.2 Å². The molecule has 1 atom stereocenters. The molecule has 30 heavy (non-hydrogen) atoms. The van der Waals surface area contributed by atoms with Gasteiger partial charge in [0.2, 0.25) is 5.91 Å². The number of amides is 3. The maximum Gasteiger partial charge on any atom is 0.312 e. The Kier molecular flexibility index (Phi) is 5.52. The van der Waals surface area contributed by atoms with Crippen molar-refractivity contribution in [2.75, 3.05) is 13.1 Å². The second kappa shape index (κ2) is 8.41. The first kappa shape index (κ1) is 19.7. The molecule has 0 saturated heterocycles. The lowest BCUT2D eigenvalue weighted by atomic mass is 9.98. The normalized spacial score (nSPS) is 15.0. The number of hydrogen-bond acceptors (Lipinski definition) is 2. The summed E-state index contributed by atoms with van der Waals surface area (Å²) in [5.74, 6) is -0.322. The van der Waals surface area contributed by atoms with E-state index in [1.807, 2.05) is 42.6 Å². The van der Waals surface area contributed by atoms with E-state index in [2.05, 4.69) is 10.3 Å². The Labute approximate surface area is 173 Å². The van der Waals surface area contributed by atoms with Crippen molar-refractivity contribution >= 4 is 28.4 Å². The quantitative estimate of drug-likeness (QED) is 0.603. The number of nitrogens with zero attached hydrogens (tertiary/aromatic N) is 1. The van der Waals surface area contributed by atoms with Gasteiger partial charge in [0.15, 0.2) is 0 Å². The van der Waals surface area contributed by atoms with Crippen molar-refractivity contribution in [2.45, 2.75) is 18.9 Å². The van der Waals surface area contributed by atoms with Gasteiger partial charge in [-0.05, 0) is 35.8 Å². The van der Waals surface area contributed by atoms with Crippen LogP contribution in [0.4, 0.5) is 9.18 Å². The fraction of sp³-hybridized carbons (Fsp3) is 0.217. The Hall–Kier alpha value is -3.61. The van der Waals surface area contributed by atoms with Crippen LogP contribution in [0.15, 0.2) is 60.8 Å². The van der Waals surface area contributed by atoms with Gasteiger partial charge >= 0.3 is 6.03 Å². The number of nitrogens with two attached hydrogens (primary N) is 1. The largest absolute Gasteiger partial charge is 0.360 e. The summed E-state index contributed by atoms with van der Waals surface area (Å²) in [7, 11) is 0. The fourth-order valence-corrected chi connectivity index (χ4v) is 3.92. The molecule has 154 valence electrons. The SMILES string of the molecule is NC(=O)NC(CC(=O)N1CC=C(c2c[nH]c3cc(F)ccc23)CC1)c1ccccc1. The molecule has 7 heteroatoms. The Bertz CT molecular complexity index is 1110. The zero-order chi connectivity index (χ0) is 21.1. The van der Waals surface area contributed by atoms with Gasteiger partial charge in [0, 0.05) is 35.8 Å². The molecule has 4 N–H and O–H groups in total. The average molecular weight is 406 g/mol. The van der Waals surface area contributed by atoms with Crippen LogP contribution in [0.25, 0.3) is 16.5 Å². The maximum absolute atomic E-state index is 13.4. The lowest BCUT2D eigenvalue weighted by molar-refractivity contribution is -0.131. The van der Waals surface area contributed by atoms with Gasteiger partial charge in [-0.2, -0.15) is 0 Å². The molecule has 1 aromatic heterocycles. The molecule has 0 spiro atoms.